The summed E-state index contributed by atoms with van der Waals surface area (Å²) in [5, 5.41) is 0. The third kappa shape index (κ3) is 3.35. The molecule has 2 N–H and O–H groups in total. The van der Waals surface area contributed by atoms with E-state index in [0.717, 1.165) is 12.3 Å². The zero-order valence-electron chi connectivity index (χ0n) is 10.4. The van der Waals surface area contributed by atoms with Crippen LogP contribution in [0.3, 0.4) is 0 Å². The standard InChI is InChI=1S/C14H23N/c1-10(2)8-9-14(15)13-7-5-6-11(3)12(13)4/h5-7,10,14H,8-9,15H2,1-4H3/t14-/m0/s1. The zero-order chi connectivity index (χ0) is 11.4. The van der Waals surface area contributed by atoms with E-state index >= 15 is 0 Å². The lowest BCUT2D eigenvalue weighted by molar-refractivity contribution is 0.506. The highest BCUT2D eigenvalue weighted by Crippen LogP contribution is 2.23. The van der Waals surface area contributed by atoms with Crippen molar-refractivity contribution in [2.75, 3.05) is 0 Å². The maximum Gasteiger partial charge on any atom is 0.0297 e. The van der Waals surface area contributed by atoms with Gasteiger partial charge in [0.05, 0.1) is 0 Å². The van der Waals surface area contributed by atoms with E-state index in [1.54, 1.807) is 0 Å². The summed E-state index contributed by atoms with van der Waals surface area (Å²) in [6.07, 6.45) is 2.29. The molecular formula is C14H23N. The Balaban J connectivity index is 2.73. The smallest absolute Gasteiger partial charge is 0.0297 e. The molecule has 15 heavy (non-hydrogen) atoms. The number of rotatable bonds is 4. The second-order valence-corrected chi connectivity index (χ2v) is 4.87. The molecule has 0 heterocycles. The molecule has 1 atom stereocenters. The van der Waals surface area contributed by atoms with Crippen LogP contribution in [-0.4, -0.2) is 0 Å². The molecule has 0 saturated heterocycles. The van der Waals surface area contributed by atoms with Gasteiger partial charge in [-0.2, -0.15) is 0 Å². The molecule has 1 nitrogen and oxygen atoms in total. The molecule has 0 bridgehead atoms. The zero-order valence-corrected chi connectivity index (χ0v) is 10.4. The summed E-state index contributed by atoms with van der Waals surface area (Å²) in [5.74, 6) is 0.737. The van der Waals surface area contributed by atoms with Crippen LogP contribution in [0.4, 0.5) is 0 Å². The van der Waals surface area contributed by atoms with Crippen LogP contribution in [-0.2, 0) is 0 Å². The highest BCUT2D eigenvalue weighted by molar-refractivity contribution is 5.35. The van der Waals surface area contributed by atoms with Gasteiger partial charge in [-0.25, -0.2) is 0 Å². The average Bonchev–Trinajstić information content (AvgIpc) is 2.18. The van der Waals surface area contributed by atoms with Crippen LogP contribution in [0.2, 0.25) is 0 Å². The van der Waals surface area contributed by atoms with Crippen LogP contribution >= 0.6 is 0 Å². The Morgan fingerprint density at radius 1 is 1.13 bits per heavy atom. The van der Waals surface area contributed by atoms with Gasteiger partial charge < -0.3 is 5.73 Å². The van der Waals surface area contributed by atoms with E-state index in [4.69, 9.17) is 5.73 Å². The van der Waals surface area contributed by atoms with Gasteiger partial charge in [-0.3, -0.25) is 0 Å². The predicted octanol–water partition coefficient (Wildman–Crippen LogP) is 3.74. The van der Waals surface area contributed by atoms with Crippen LogP contribution in [0.15, 0.2) is 18.2 Å². The van der Waals surface area contributed by atoms with Gasteiger partial charge in [0.1, 0.15) is 0 Å². The highest BCUT2D eigenvalue weighted by atomic mass is 14.6. The van der Waals surface area contributed by atoms with E-state index < -0.39 is 0 Å². The number of aryl methyl sites for hydroxylation is 1. The predicted molar refractivity (Wildman–Crippen MR) is 66.9 cm³/mol. The summed E-state index contributed by atoms with van der Waals surface area (Å²) in [7, 11) is 0. The summed E-state index contributed by atoms with van der Waals surface area (Å²) < 4.78 is 0. The van der Waals surface area contributed by atoms with E-state index in [9.17, 15) is 0 Å². The topological polar surface area (TPSA) is 26.0 Å². The Morgan fingerprint density at radius 2 is 1.80 bits per heavy atom. The molecule has 0 aliphatic heterocycles. The molecule has 84 valence electrons. The molecule has 0 aliphatic carbocycles. The van der Waals surface area contributed by atoms with Crippen LogP contribution in [0.5, 0.6) is 0 Å². The van der Waals surface area contributed by atoms with Crippen molar-refractivity contribution in [2.45, 2.75) is 46.6 Å². The summed E-state index contributed by atoms with van der Waals surface area (Å²) in [6, 6.07) is 6.61. The molecule has 1 rings (SSSR count). The summed E-state index contributed by atoms with van der Waals surface area (Å²) >= 11 is 0. The molecule has 0 aliphatic rings. The molecule has 1 heteroatoms. The normalized spacial score (nSPS) is 13.2. The first-order valence-corrected chi connectivity index (χ1v) is 5.84. The molecule has 0 aromatic heterocycles. The summed E-state index contributed by atoms with van der Waals surface area (Å²) in [4.78, 5) is 0. The maximum atomic E-state index is 6.21. The van der Waals surface area contributed by atoms with Crippen LogP contribution in [0, 0.1) is 19.8 Å². The molecular weight excluding hydrogens is 182 g/mol. The van der Waals surface area contributed by atoms with Gasteiger partial charge in [-0.05, 0) is 49.3 Å². The number of hydrogen-bond acceptors (Lipinski definition) is 1. The van der Waals surface area contributed by atoms with Crippen LogP contribution in [0.25, 0.3) is 0 Å². The lowest BCUT2D eigenvalue weighted by atomic mass is 9.93. The average molecular weight is 205 g/mol. The molecule has 0 unspecified atom stereocenters. The Bertz CT molecular complexity index is 315. The fourth-order valence-electron chi connectivity index (χ4n) is 1.84. The fraction of sp³-hybridized carbons (Fsp3) is 0.571. The van der Waals surface area contributed by atoms with E-state index in [0.29, 0.717) is 0 Å². The number of hydrogen-bond donors (Lipinski definition) is 1. The molecule has 1 aromatic carbocycles. The van der Waals surface area contributed by atoms with E-state index in [-0.39, 0.29) is 6.04 Å². The Morgan fingerprint density at radius 3 is 2.40 bits per heavy atom. The van der Waals surface area contributed by atoms with Gasteiger partial charge in [0, 0.05) is 6.04 Å². The minimum Gasteiger partial charge on any atom is -0.324 e. The minimum absolute atomic E-state index is 0.201. The van der Waals surface area contributed by atoms with Crippen LogP contribution < -0.4 is 5.73 Å². The molecule has 0 spiro atoms. The van der Waals surface area contributed by atoms with Crippen molar-refractivity contribution in [2.24, 2.45) is 11.7 Å². The van der Waals surface area contributed by atoms with Crippen molar-refractivity contribution in [3.05, 3.63) is 34.9 Å². The van der Waals surface area contributed by atoms with Crippen molar-refractivity contribution in [1.82, 2.24) is 0 Å². The number of benzene rings is 1. The SMILES string of the molecule is Cc1cccc([C@@H](N)CCC(C)C)c1C. The van der Waals surface area contributed by atoms with Crippen molar-refractivity contribution < 1.29 is 0 Å². The van der Waals surface area contributed by atoms with Crippen molar-refractivity contribution in [3.63, 3.8) is 0 Å². The van der Waals surface area contributed by atoms with Crippen molar-refractivity contribution in [3.8, 4) is 0 Å². The summed E-state index contributed by atoms with van der Waals surface area (Å²) in [5.41, 5.74) is 10.2. The van der Waals surface area contributed by atoms with Crippen molar-refractivity contribution >= 4 is 0 Å². The van der Waals surface area contributed by atoms with Gasteiger partial charge in [0.15, 0.2) is 0 Å². The van der Waals surface area contributed by atoms with E-state index in [1.807, 2.05) is 0 Å². The van der Waals surface area contributed by atoms with Gasteiger partial charge in [0.25, 0.3) is 0 Å². The lowest BCUT2D eigenvalue weighted by Gasteiger charge is -2.17. The third-order valence-corrected chi connectivity index (χ3v) is 3.10. The van der Waals surface area contributed by atoms with Gasteiger partial charge >= 0.3 is 0 Å². The molecule has 0 amide bonds. The molecule has 0 fully saturated rings. The first-order chi connectivity index (χ1) is 7.02. The molecule has 1 aromatic rings. The largest absolute Gasteiger partial charge is 0.324 e. The van der Waals surface area contributed by atoms with Crippen molar-refractivity contribution in [1.29, 1.82) is 0 Å². The van der Waals surface area contributed by atoms with Crippen LogP contribution in [0.1, 0.15) is 49.4 Å². The Kier molecular flexibility index (Phi) is 4.34. The third-order valence-electron chi connectivity index (χ3n) is 3.10. The summed E-state index contributed by atoms with van der Waals surface area (Å²) in [6.45, 7) is 8.81. The first kappa shape index (κ1) is 12.3. The van der Waals surface area contributed by atoms with E-state index in [1.165, 1.54) is 23.1 Å². The molecule has 0 radical (unpaired) electrons. The van der Waals surface area contributed by atoms with Gasteiger partial charge in [-0.15, -0.1) is 0 Å². The lowest BCUT2D eigenvalue weighted by Crippen LogP contribution is -2.13. The Hall–Kier alpha value is -0.820. The minimum atomic E-state index is 0.201. The first-order valence-electron chi connectivity index (χ1n) is 5.84. The Labute approximate surface area is 93.7 Å². The quantitative estimate of drug-likeness (QED) is 0.796. The van der Waals surface area contributed by atoms with Gasteiger partial charge in [0.2, 0.25) is 0 Å². The monoisotopic (exact) mass is 205 g/mol. The second-order valence-electron chi connectivity index (χ2n) is 4.87. The van der Waals surface area contributed by atoms with E-state index in [2.05, 4.69) is 45.9 Å². The number of nitrogens with two attached hydrogens (primary N) is 1. The second kappa shape index (κ2) is 5.32. The van der Waals surface area contributed by atoms with Gasteiger partial charge in [-0.1, -0.05) is 32.0 Å². The fourth-order valence-corrected chi connectivity index (χ4v) is 1.84. The highest BCUT2D eigenvalue weighted by Gasteiger charge is 2.10. The molecule has 0 saturated carbocycles. The maximum absolute atomic E-state index is 6.21.